The lowest BCUT2D eigenvalue weighted by atomic mass is 10.1. The number of hydrogen-bond donors (Lipinski definition) is 1. The molecule has 8 heteroatoms. The average Bonchev–Trinajstić information content (AvgIpc) is 3.11. The molecule has 1 heterocycles. The Labute approximate surface area is 164 Å². The number of halogens is 3. The quantitative estimate of drug-likeness (QED) is 0.596. The number of rotatable bonds is 6. The van der Waals surface area contributed by atoms with E-state index in [4.69, 9.17) is 4.74 Å². The van der Waals surface area contributed by atoms with Crippen molar-refractivity contribution < 1.29 is 22.7 Å². The lowest BCUT2D eigenvalue weighted by Gasteiger charge is -2.10. The van der Waals surface area contributed by atoms with Gasteiger partial charge in [-0.2, -0.15) is 13.2 Å². The zero-order valence-electron chi connectivity index (χ0n) is 14.9. The zero-order valence-corrected chi connectivity index (χ0v) is 15.7. The molecule has 1 amide bonds. The normalized spacial score (nSPS) is 11.3. The maximum atomic E-state index is 12.7. The van der Waals surface area contributed by atoms with E-state index >= 15 is 0 Å². The molecule has 4 nitrogen and oxygen atoms in total. The lowest BCUT2D eigenvalue weighted by molar-refractivity contribution is -0.137. The highest BCUT2D eigenvalue weighted by atomic mass is 32.1. The molecule has 1 aromatic heterocycles. The average molecular weight is 406 g/mol. The number of nitrogens with zero attached hydrogens (tertiary/aromatic N) is 1. The number of para-hydroxylation sites is 2. The van der Waals surface area contributed by atoms with Gasteiger partial charge in [0, 0.05) is 10.9 Å². The van der Waals surface area contributed by atoms with E-state index in [-0.39, 0.29) is 12.3 Å². The Bertz CT molecular complexity index is 953. The minimum absolute atomic E-state index is 0.0532. The van der Waals surface area contributed by atoms with Crippen LogP contribution < -0.4 is 10.1 Å². The van der Waals surface area contributed by atoms with Gasteiger partial charge in [-0.1, -0.05) is 24.3 Å². The van der Waals surface area contributed by atoms with Crippen molar-refractivity contribution in [2.45, 2.75) is 19.5 Å². The second kappa shape index (κ2) is 8.43. The molecule has 3 aromatic rings. The summed E-state index contributed by atoms with van der Waals surface area (Å²) < 4.78 is 43.5. The zero-order chi connectivity index (χ0) is 20.1. The largest absolute Gasteiger partial charge is 0.492 e. The Morgan fingerprint density at radius 3 is 2.54 bits per heavy atom. The summed E-state index contributed by atoms with van der Waals surface area (Å²) in [7, 11) is 0. The number of carbonyl (C=O) groups is 1. The maximum absolute atomic E-state index is 12.7. The van der Waals surface area contributed by atoms with Crippen LogP contribution in [-0.2, 0) is 17.4 Å². The van der Waals surface area contributed by atoms with Crippen LogP contribution in [-0.4, -0.2) is 17.5 Å². The van der Waals surface area contributed by atoms with Gasteiger partial charge in [-0.15, -0.1) is 11.3 Å². The van der Waals surface area contributed by atoms with Crippen LogP contribution in [0.25, 0.3) is 10.6 Å². The first-order valence-electron chi connectivity index (χ1n) is 8.50. The Kier molecular flexibility index (Phi) is 5.99. The van der Waals surface area contributed by atoms with E-state index in [1.54, 1.807) is 23.6 Å². The van der Waals surface area contributed by atoms with Gasteiger partial charge in [0.1, 0.15) is 10.8 Å². The van der Waals surface area contributed by atoms with Gasteiger partial charge < -0.3 is 10.1 Å². The minimum Gasteiger partial charge on any atom is -0.492 e. The number of ether oxygens (including phenoxy) is 1. The molecular weight excluding hydrogens is 389 g/mol. The summed E-state index contributed by atoms with van der Waals surface area (Å²) in [6, 6.07) is 11.9. The minimum atomic E-state index is -4.37. The van der Waals surface area contributed by atoms with Crippen molar-refractivity contribution in [2.24, 2.45) is 0 Å². The van der Waals surface area contributed by atoms with Crippen LogP contribution in [0.1, 0.15) is 18.2 Å². The highest BCUT2D eigenvalue weighted by Crippen LogP contribution is 2.32. The molecule has 0 bridgehead atoms. The Morgan fingerprint density at radius 1 is 1.14 bits per heavy atom. The summed E-state index contributed by atoms with van der Waals surface area (Å²) in [5.41, 5.74) is 0.991. The highest BCUT2D eigenvalue weighted by molar-refractivity contribution is 7.13. The van der Waals surface area contributed by atoms with Crippen molar-refractivity contribution >= 4 is 22.9 Å². The van der Waals surface area contributed by atoms with E-state index in [1.807, 2.05) is 13.0 Å². The second-order valence-electron chi connectivity index (χ2n) is 5.87. The third-order valence-corrected chi connectivity index (χ3v) is 4.75. The van der Waals surface area contributed by atoms with Gasteiger partial charge in [-0.25, -0.2) is 4.98 Å². The van der Waals surface area contributed by atoms with Crippen LogP contribution in [0.2, 0.25) is 0 Å². The number of benzene rings is 2. The lowest BCUT2D eigenvalue weighted by Crippen LogP contribution is -2.15. The van der Waals surface area contributed by atoms with Crippen LogP contribution in [0.5, 0.6) is 5.75 Å². The molecule has 0 saturated heterocycles. The van der Waals surface area contributed by atoms with E-state index in [9.17, 15) is 18.0 Å². The van der Waals surface area contributed by atoms with E-state index in [0.717, 1.165) is 12.1 Å². The topological polar surface area (TPSA) is 51.2 Å². The van der Waals surface area contributed by atoms with Crippen LogP contribution in [0.3, 0.4) is 0 Å². The van der Waals surface area contributed by atoms with Gasteiger partial charge in [-0.05, 0) is 31.2 Å². The summed E-state index contributed by atoms with van der Waals surface area (Å²) in [6.45, 7) is 2.34. The third-order valence-electron chi connectivity index (χ3n) is 3.81. The predicted molar refractivity (Wildman–Crippen MR) is 102 cm³/mol. The fourth-order valence-corrected chi connectivity index (χ4v) is 3.36. The number of hydrogen-bond acceptors (Lipinski definition) is 4. The molecule has 0 aliphatic rings. The molecule has 2 aromatic carbocycles. The summed E-state index contributed by atoms with van der Waals surface area (Å²) >= 11 is 1.28. The SMILES string of the molecule is CCOc1ccccc1NC(=O)Cc1csc(-c2ccc(C(F)(F)F)cc2)n1. The molecule has 1 N–H and O–H groups in total. The summed E-state index contributed by atoms with van der Waals surface area (Å²) in [4.78, 5) is 16.7. The molecule has 0 aliphatic heterocycles. The third kappa shape index (κ3) is 4.89. The predicted octanol–water partition coefficient (Wildman–Crippen LogP) is 5.41. The fraction of sp³-hybridized carbons (Fsp3) is 0.200. The first kappa shape index (κ1) is 19.9. The molecule has 0 aliphatic carbocycles. The van der Waals surface area contributed by atoms with E-state index in [0.29, 0.717) is 34.3 Å². The van der Waals surface area contributed by atoms with Crippen LogP contribution in [0.15, 0.2) is 53.9 Å². The number of carbonyl (C=O) groups excluding carboxylic acids is 1. The molecule has 28 heavy (non-hydrogen) atoms. The molecule has 0 spiro atoms. The van der Waals surface area contributed by atoms with E-state index in [2.05, 4.69) is 10.3 Å². The van der Waals surface area contributed by atoms with Gasteiger partial charge in [0.15, 0.2) is 0 Å². The Hall–Kier alpha value is -2.87. The molecule has 0 unspecified atom stereocenters. The highest BCUT2D eigenvalue weighted by Gasteiger charge is 2.30. The maximum Gasteiger partial charge on any atom is 0.416 e. The molecule has 146 valence electrons. The monoisotopic (exact) mass is 406 g/mol. The summed E-state index contributed by atoms with van der Waals surface area (Å²) in [5, 5.41) is 5.08. The summed E-state index contributed by atoms with van der Waals surface area (Å²) in [5.74, 6) is 0.332. The van der Waals surface area contributed by atoms with Crippen LogP contribution >= 0.6 is 11.3 Å². The number of aromatic nitrogens is 1. The van der Waals surface area contributed by atoms with Gasteiger partial charge in [0.25, 0.3) is 0 Å². The number of thiazole rings is 1. The molecule has 0 saturated carbocycles. The van der Waals surface area contributed by atoms with Crippen molar-refractivity contribution in [1.29, 1.82) is 0 Å². The number of alkyl halides is 3. The molecule has 0 radical (unpaired) electrons. The Balaban J connectivity index is 1.67. The fourth-order valence-electron chi connectivity index (χ4n) is 2.53. The molecular formula is C20H17F3N2O2S. The Morgan fingerprint density at radius 2 is 1.86 bits per heavy atom. The summed E-state index contributed by atoms with van der Waals surface area (Å²) in [6.07, 6.45) is -4.32. The number of nitrogens with one attached hydrogen (secondary N) is 1. The first-order valence-corrected chi connectivity index (χ1v) is 9.38. The standard InChI is InChI=1S/C20H17F3N2O2S/c1-2-27-17-6-4-3-5-16(17)25-18(26)11-15-12-28-19(24-15)13-7-9-14(10-8-13)20(21,22)23/h3-10,12H,2,11H2,1H3,(H,25,26). The number of anilines is 1. The van der Waals surface area contributed by atoms with Crippen molar-refractivity contribution in [3.05, 3.63) is 65.2 Å². The molecule has 3 rings (SSSR count). The molecule has 0 fully saturated rings. The molecule has 0 atom stereocenters. The van der Waals surface area contributed by atoms with Gasteiger partial charge in [-0.3, -0.25) is 4.79 Å². The van der Waals surface area contributed by atoms with Crippen LogP contribution in [0.4, 0.5) is 18.9 Å². The second-order valence-corrected chi connectivity index (χ2v) is 6.73. The van der Waals surface area contributed by atoms with E-state index in [1.165, 1.54) is 23.5 Å². The van der Waals surface area contributed by atoms with Crippen molar-refractivity contribution in [1.82, 2.24) is 4.98 Å². The van der Waals surface area contributed by atoms with Crippen molar-refractivity contribution in [3.63, 3.8) is 0 Å². The van der Waals surface area contributed by atoms with Crippen molar-refractivity contribution in [2.75, 3.05) is 11.9 Å². The van der Waals surface area contributed by atoms with Gasteiger partial charge in [0.2, 0.25) is 5.91 Å². The van der Waals surface area contributed by atoms with Gasteiger partial charge >= 0.3 is 6.18 Å². The van der Waals surface area contributed by atoms with Crippen LogP contribution in [0, 0.1) is 0 Å². The van der Waals surface area contributed by atoms with Crippen molar-refractivity contribution in [3.8, 4) is 16.3 Å². The van der Waals surface area contributed by atoms with Gasteiger partial charge in [0.05, 0.1) is 30.0 Å². The first-order chi connectivity index (χ1) is 13.4. The number of amides is 1. The smallest absolute Gasteiger partial charge is 0.416 e. The van der Waals surface area contributed by atoms with E-state index < -0.39 is 11.7 Å².